The monoisotopic (exact) mass is 321 g/mol. The Morgan fingerprint density at radius 3 is 2.61 bits per heavy atom. The smallest absolute Gasteiger partial charge is 0.0325 e. The molecule has 0 unspecified atom stereocenters. The van der Waals surface area contributed by atoms with E-state index in [-0.39, 0.29) is 0 Å². The van der Waals surface area contributed by atoms with Crippen LogP contribution >= 0.6 is 27.7 Å². The van der Waals surface area contributed by atoms with E-state index in [1.807, 2.05) is 23.9 Å². The van der Waals surface area contributed by atoms with Gasteiger partial charge in [-0.05, 0) is 43.2 Å². The van der Waals surface area contributed by atoms with Crippen LogP contribution in [0.1, 0.15) is 16.7 Å². The molecule has 2 N–H and O–H groups in total. The summed E-state index contributed by atoms with van der Waals surface area (Å²) in [6.07, 6.45) is 0. The van der Waals surface area contributed by atoms with E-state index in [0.29, 0.717) is 0 Å². The zero-order valence-corrected chi connectivity index (χ0v) is 12.9. The van der Waals surface area contributed by atoms with Crippen LogP contribution < -0.4 is 5.73 Å². The quantitative estimate of drug-likeness (QED) is 0.640. The second kappa shape index (κ2) is 5.81. The van der Waals surface area contributed by atoms with Crippen molar-refractivity contribution >= 4 is 33.4 Å². The predicted octanol–water partition coefficient (Wildman–Crippen LogP) is 4.94. The second-order valence-corrected chi connectivity index (χ2v) is 6.28. The van der Waals surface area contributed by atoms with E-state index in [1.54, 1.807) is 0 Å². The first-order chi connectivity index (χ1) is 8.56. The molecule has 0 heterocycles. The summed E-state index contributed by atoms with van der Waals surface area (Å²) < 4.78 is 1.08. The van der Waals surface area contributed by atoms with Crippen LogP contribution in [0.2, 0.25) is 0 Å². The van der Waals surface area contributed by atoms with Crippen LogP contribution in [-0.2, 0) is 5.75 Å². The molecule has 94 valence electrons. The average Bonchev–Trinajstić information content (AvgIpc) is 2.32. The normalized spacial score (nSPS) is 10.6. The zero-order valence-electron chi connectivity index (χ0n) is 10.5. The molecule has 0 spiro atoms. The lowest BCUT2D eigenvalue weighted by Gasteiger charge is -2.08. The van der Waals surface area contributed by atoms with Crippen LogP contribution in [0.3, 0.4) is 0 Å². The van der Waals surface area contributed by atoms with Gasteiger partial charge in [-0.15, -0.1) is 11.8 Å². The molecular formula is C15H16BrNS. The first-order valence-corrected chi connectivity index (χ1v) is 7.58. The van der Waals surface area contributed by atoms with Crippen LogP contribution in [0, 0.1) is 13.8 Å². The Morgan fingerprint density at radius 2 is 1.89 bits per heavy atom. The number of nitrogen functional groups attached to an aromatic ring is 1. The zero-order chi connectivity index (χ0) is 13.1. The summed E-state index contributed by atoms with van der Waals surface area (Å²) in [6.45, 7) is 4.28. The summed E-state index contributed by atoms with van der Waals surface area (Å²) in [7, 11) is 0. The minimum atomic E-state index is 0.794. The van der Waals surface area contributed by atoms with Crippen LogP contribution in [-0.4, -0.2) is 0 Å². The van der Waals surface area contributed by atoms with Gasteiger partial charge in [-0.2, -0.15) is 0 Å². The van der Waals surface area contributed by atoms with Crippen molar-refractivity contribution in [3.63, 3.8) is 0 Å². The standard InChI is InChI=1S/C15H16BrNS/c1-10-3-4-11(2)15(7-10)18-9-12-5-6-13(17)8-14(12)16/h3-8H,9,17H2,1-2H3. The minimum absolute atomic E-state index is 0.794. The second-order valence-electron chi connectivity index (χ2n) is 4.41. The fraction of sp³-hybridized carbons (Fsp3) is 0.200. The summed E-state index contributed by atoms with van der Waals surface area (Å²) in [5, 5.41) is 0. The molecule has 0 aliphatic carbocycles. The number of hydrogen-bond donors (Lipinski definition) is 1. The van der Waals surface area contributed by atoms with E-state index in [4.69, 9.17) is 5.73 Å². The van der Waals surface area contributed by atoms with Gasteiger partial charge in [0.2, 0.25) is 0 Å². The van der Waals surface area contributed by atoms with Crippen LogP contribution in [0.25, 0.3) is 0 Å². The van der Waals surface area contributed by atoms with Crippen LogP contribution in [0.4, 0.5) is 5.69 Å². The molecule has 0 radical (unpaired) electrons. The summed E-state index contributed by atoms with van der Waals surface area (Å²) >= 11 is 5.42. The van der Waals surface area contributed by atoms with Crippen molar-refractivity contribution < 1.29 is 0 Å². The summed E-state index contributed by atoms with van der Waals surface area (Å²) in [5.41, 5.74) is 10.4. The van der Waals surface area contributed by atoms with Crippen molar-refractivity contribution in [1.29, 1.82) is 0 Å². The summed E-state index contributed by atoms with van der Waals surface area (Å²) in [5.74, 6) is 0.950. The molecular weight excluding hydrogens is 306 g/mol. The molecule has 0 aliphatic heterocycles. The van der Waals surface area contributed by atoms with Crippen LogP contribution in [0.5, 0.6) is 0 Å². The third kappa shape index (κ3) is 3.30. The van der Waals surface area contributed by atoms with Gasteiger partial charge in [0.05, 0.1) is 0 Å². The lowest BCUT2D eigenvalue weighted by Crippen LogP contribution is -1.89. The molecule has 0 amide bonds. The highest BCUT2D eigenvalue weighted by atomic mass is 79.9. The fourth-order valence-corrected chi connectivity index (χ4v) is 3.55. The number of benzene rings is 2. The number of thioether (sulfide) groups is 1. The molecule has 1 nitrogen and oxygen atoms in total. The van der Waals surface area contributed by atoms with E-state index in [2.05, 4.69) is 54.0 Å². The topological polar surface area (TPSA) is 26.0 Å². The van der Waals surface area contributed by atoms with Crippen LogP contribution in [0.15, 0.2) is 45.8 Å². The largest absolute Gasteiger partial charge is 0.399 e. The maximum absolute atomic E-state index is 5.74. The van der Waals surface area contributed by atoms with Crippen molar-refractivity contribution in [2.24, 2.45) is 0 Å². The number of rotatable bonds is 3. The fourth-order valence-electron chi connectivity index (χ4n) is 1.70. The Labute approximate surface area is 121 Å². The lowest BCUT2D eigenvalue weighted by molar-refractivity contribution is 1.25. The van der Waals surface area contributed by atoms with Gasteiger partial charge in [0.15, 0.2) is 0 Å². The highest BCUT2D eigenvalue weighted by molar-refractivity contribution is 9.10. The SMILES string of the molecule is Cc1ccc(C)c(SCc2ccc(N)cc2Br)c1. The number of nitrogens with two attached hydrogens (primary N) is 1. The van der Waals surface area contributed by atoms with Gasteiger partial charge >= 0.3 is 0 Å². The van der Waals surface area contributed by atoms with E-state index in [9.17, 15) is 0 Å². The molecule has 2 aromatic rings. The molecule has 2 rings (SSSR count). The van der Waals surface area contributed by atoms with Crippen molar-refractivity contribution in [3.8, 4) is 0 Å². The van der Waals surface area contributed by atoms with Crippen molar-refractivity contribution in [2.45, 2.75) is 24.5 Å². The van der Waals surface area contributed by atoms with Gasteiger partial charge in [-0.25, -0.2) is 0 Å². The Morgan fingerprint density at radius 1 is 1.11 bits per heavy atom. The third-order valence-corrected chi connectivity index (χ3v) is 4.75. The van der Waals surface area contributed by atoms with Crippen molar-refractivity contribution in [1.82, 2.24) is 0 Å². The summed E-state index contributed by atoms with van der Waals surface area (Å²) in [4.78, 5) is 1.35. The Hall–Kier alpha value is -0.930. The maximum Gasteiger partial charge on any atom is 0.0325 e. The maximum atomic E-state index is 5.74. The lowest BCUT2D eigenvalue weighted by atomic mass is 10.2. The number of anilines is 1. The third-order valence-electron chi connectivity index (χ3n) is 2.80. The molecule has 0 atom stereocenters. The van der Waals surface area contributed by atoms with Gasteiger partial charge in [-0.3, -0.25) is 0 Å². The molecule has 18 heavy (non-hydrogen) atoms. The van der Waals surface area contributed by atoms with Crippen molar-refractivity contribution in [2.75, 3.05) is 5.73 Å². The first kappa shape index (κ1) is 13.5. The Balaban J connectivity index is 2.13. The van der Waals surface area contributed by atoms with Gasteiger partial charge in [-0.1, -0.05) is 39.7 Å². The average molecular weight is 322 g/mol. The predicted molar refractivity (Wildman–Crippen MR) is 84.0 cm³/mol. The van der Waals surface area contributed by atoms with E-state index in [1.165, 1.54) is 21.6 Å². The highest BCUT2D eigenvalue weighted by Crippen LogP contribution is 2.30. The van der Waals surface area contributed by atoms with Gasteiger partial charge in [0.25, 0.3) is 0 Å². The molecule has 0 saturated heterocycles. The first-order valence-electron chi connectivity index (χ1n) is 5.80. The molecule has 0 fully saturated rings. The van der Waals surface area contributed by atoms with Gasteiger partial charge in [0, 0.05) is 20.8 Å². The molecule has 0 aromatic heterocycles. The number of halogens is 1. The van der Waals surface area contributed by atoms with Gasteiger partial charge < -0.3 is 5.73 Å². The molecule has 0 saturated carbocycles. The Bertz CT molecular complexity index is 566. The van der Waals surface area contributed by atoms with E-state index >= 15 is 0 Å². The molecule has 2 aromatic carbocycles. The molecule has 3 heteroatoms. The van der Waals surface area contributed by atoms with Gasteiger partial charge in [0.1, 0.15) is 0 Å². The molecule has 0 aliphatic rings. The Kier molecular flexibility index (Phi) is 4.36. The number of aryl methyl sites for hydroxylation is 2. The summed E-state index contributed by atoms with van der Waals surface area (Å²) in [6, 6.07) is 12.6. The molecule has 0 bridgehead atoms. The van der Waals surface area contributed by atoms with E-state index in [0.717, 1.165) is 15.9 Å². The number of hydrogen-bond acceptors (Lipinski definition) is 2. The minimum Gasteiger partial charge on any atom is -0.399 e. The van der Waals surface area contributed by atoms with E-state index < -0.39 is 0 Å². The highest BCUT2D eigenvalue weighted by Gasteiger charge is 2.04. The van der Waals surface area contributed by atoms with Crippen molar-refractivity contribution in [3.05, 3.63) is 57.6 Å².